The van der Waals surface area contributed by atoms with E-state index in [0.717, 1.165) is 41.1 Å². The number of amides is 2. The van der Waals surface area contributed by atoms with Crippen molar-refractivity contribution in [1.82, 2.24) is 10.2 Å². The summed E-state index contributed by atoms with van der Waals surface area (Å²) in [4.78, 5) is 30.2. The molecule has 0 aromatic heterocycles. The molecule has 4 aromatic carbocycles. The number of nitrogens with zero attached hydrogens (tertiary/aromatic N) is 2. The van der Waals surface area contributed by atoms with Gasteiger partial charge < -0.3 is 10.2 Å². The monoisotopic (exact) mass is 745 g/mol. The second-order valence-electron chi connectivity index (χ2n) is 11.8. The molecule has 0 radical (unpaired) electrons. The van der Waals surface area contributed by atoms with E-state index in [4.69, 9.17) is 46.4 Å². The quantitative estimate of drug-likeness (QED) is 0.158. The second-order valence-corrected chi connectivity index (χ2v) is 15.3. The lowest BCUT2D eigenvalue weighted by Crippen LogP contribution is -2.54. The van der Waals surface area contributed by atoms with Crippen molar-refractivity contribution in [3.8, 4) is 0 Å². The molecule has 1 fully saturated rings. The fourth-order valence-electron chi connectivity index (χ4n) is 5.78. The van der Waals surface area contributed by atoms with E-state index >= 15 is 0 Å². The summed E-state index contributed by atoms with van der Waals surface area (Å²) in [5.74, 6) is -0.986. The highest BCUT2D eigenvalue weighted by molar-refractivity contribution is 7.92. The molecule has 5 rings (SSSR count). The molecule has 1 N–H and O–H groups in total. The van der Waals surface area contributed by atoms with Gasteiger partial charge in [-0.2, -0.15) is 0 Å². The highest BCUT2D eigenvalue weighted by Gasteiger charge is 2.36. The van der Waals surface area contributed by atoms with Crippen molar-refractivity contribution < 1.29 is 18.0 Å². The molecule has 48 heavy (non-hydrogen) atoms. The van der Waals surface area contributed by atoms with Gasteiger partial charge in [0.15, 0.2) is 0 Å². The summed E-state index contributed by atoms with van der Waals surface area (Å²) in [7, 11) is -4.31. The molecule has 0 bridgehead atoms. The van der Waals surface area contributed by atoms with Crippen molar-refractivity contribution in [2.24, 2.45) is 0 Å². The van der Waals surface area contributed by atoms with Crippen molar-refractivity contribution in [2.45, 2.75) is 62.6 Å². The average Bonchev–Trinajstić information content (AvgIpc) is 3.57. The molecule has 1 saturated carbocycles. The molecule has 1 aliphatic rings. The summed E-state index contributed by atoms with van der Waals surface area (Å²) in [5, 5.41) is 4.10. The standard InChI is InChI=1S/C36H35Cl4N3O4S/c1-24-14-17-28(18-15-24)48(46,47)43(27-16-19-32(39)33(40)21-27)23-35(44)42(22-29-30(37)12-7-13-31(29)38)34(20-25-8-3-2-4-9-25)36(45)41-26-10-5-6-11-26/h2-4,7-9,12-19,21,26,34H,5-6,10-11,20,22-23H2,1H3,(H,41,45). The molecular formula is C36H35Cl4N3O4S. The maximum Gasteiger partial charge on any atom is 0.264 e. The van der Waals surface area contributed by atoms with Gasteiger partial charge in [0.2, 0.25) is 11.8 Å². The number of nitrogens with one attached hydrogen (secondary N) is 1. The molecule has 1 unspecified atom stereocenters. The van der Waals surface area contributed by atoms with Crippen LogP contribution in [0.5, 0.6) is 0 Å². The summed E-state index contributed by atoms with van der Waals surface area (Å²) < 4.78 is 29.5. The highest BCUT2D eigenvalue weighted by Crippen LogP contribution is 2.32. The second kappa shape index (κ2) is 16.0. The summed E-state index contributed by atoms with van der Waals surface area (Å²) in [6.45, 7) is 1.04. The Morgan fingerprint density at radius 2 is 1.46 bits per heavy atom. The number of hydrogen-bond acceptors (Lipinski definition) is 4. The van der Waals surface area contributed by atoms with Gasteiger partial charge in [0.1, 0.15) is 12.6 Å². The number of aryl methyl sites for hydroxylation is 1. The smallest absolute Gasteiger partial charge is 0.264 e. The van der Waals surface area contributed by atoms with Gasteiger partial charge in [0.05, 0.1) is 20.6 Å². The van der Waals surface area contributed by atoms with Crippen molar-refractivity contribution in [3.63, 3.8) is 0 Å². The zero-order valence-electron chi connectivity index (χ0n) is 26.2. The van der Waals surface area contributed by atoms with Crippen LogP contribution in [0.2, 0.25) is 20.1 Å². The summed E-state index contributed by atoms with van der Waals surface area (Å²) in [5.41, 5.74) is 2.25. The van der Waals surface area contributed by atoms with Crippen LogP contribution in [0.3, 0.4) is 0 Å². The van der Waals surface area contributed by atoms with E-state index in [1.54, 1.807) is 30.3 Å². The van der Waals surface area contributed by atoms with E-state index in [2.05, 4.69) is 5.32 Å². The predicted molar refractivity (Wildman–Crippen MR) is 194 cm³/mol. The van der Waals surface area contributed by atoms with Crippen LogP contribution >= 0.6 is 46.4 Å². The van der Waals surface area contributed by atoms with Gasteiger partial charge in [-0.1, -0.05) is 113 Å². The molecule has 4 aromatic rings. The Labute approximate surface area is 301 Å². The summed E-state index contributed by atoms with van der Waals surface area (Å²) >= 11 is 25.7. The number of sulfonamides is 1. The molecule has 0 aliphatic heterocycles. The molecule has 1 atom stereocenters. The lowest BCUT2D eigenvalue weighted by molar-refractivity contribution is -0.140. The van der Waals surface area contributed by atoms with Crippen LogP contribution in [0.4, 0.5) is 5.69 Å². The zero-order valence-corrected chi connectivity index (χ0v) is 30.1. The van der Waals surface area contributed by atoms with E-state index in [1.807, 2.05) is 37.3 Å². The summed E-state index contributed by atoms with van der Waals surface area (Å²) in [6.07, 6.45) is 3.86. The number of carbonyl (C=O) groups is 2. The molecule has 0 spiro atoms. The van der Waals surface area contributed by atoms with Crippen LogP contribution in [0.1, 0.15) is 42.4 Å². The van der Waals surface area contributed by atoms with Crippen LogP contribution in [0, 0.1) is 6.92 Å². The first-order valence-electron chi connectivity index (χ1n) is 15.5. The molecule has 7 nitrogen and oxygen atoms in total. The molecule has 0 saturated heterocycles. The Morgan fingerprint density at radius 3 is 2.08 bits per heavy atom. The van der Waals surface area contributed by atoms with Gasteiger partial charge in [-0.15, -0.1) is 0 Å². The number of carbonyl (C=O) groups excluding carboxylic acids is 2. The number of anilines is 1. The van der Waals surface area contributed by atoms with Gasteiger partial charge in [0, 0.05) is 34.6 Å². The van der Waals surface area contributed by atoms with Crippen molar-refractivity contribution in [1.29, 1.82) is 0 Å². The van der Waals surface area contributed by atoms with Gasteiger partial charge in [-0.05, 0) is 67.8 Å². The number of hydrogen-bond donors (Lipinski definition) is 1. The van der Waals surface area contributed by atoms with Gasteiger partial charge in [-0.3, -0.25) is 13.9 Å². The first-order chi connectivity index (χ1) is 22.9. The maximum absolute atomic E-state index is 14.7. The normalized spacial score (nSPS) is 14.0. The van der Waals surface area contributed by atoms with Gasteiger partial charge in [0.25, 0.3) is 10.0 Å². The lowest BCUT2D eigenvalue weighted by atomic mass is 10.0. The fourth-order valence-corrected chi connectivity index (χ4v) is 8.00. The summed E-state index contributed by atoms with van der Waals surface area (Å²) in [6, 6.07) is 24.0. The fraction of sp³-hybridized carbons (Fsp3) is 0.278. The third kappa shape index (κ3) is 8.65. The molecule has 12 heteroatoms. The Bertz CT molecular complexity index is 1850. The van der Waals surface area contributed by atoms with Gasteiger partial charge >= 0.3 is 0 Å². The Kier molecular flexibility index (Phi) is 12.0. The largest absolute Gasteiger partial charge is 0.352 e. The number of halogens is 4. The topological polar surface area (TPSA) is 86.8 Å². The number of benzene rings is 4. The molecule has 2 amide bonds. The molecule has 1 aliphatic carbocycles. The number of rotatable bonds is 12. The average molecular weight is 748 g/mol. The third-order valence-electron chi connectivity index (χ3n) is 8.44. The third-order valence-corrected chi connectivity index (χ3v) is 11.7. The Hall–Kier alpha value is -3.27. The van der Waals surface area contributed by atoms with Crippen LogP contribution in [-0.2, 0) is 32.6 Å². The lowest BCUT2D eigenvalue weighted by Gasteiger charge is -2.34. The van der Waals surface area contributed by atoms with Crippen molar-refractivity contribution in [2.75, 3.05) is 10.8 Å². The Balaban J connectivity index is 1.61. The maximum atomic E-state index is 14.7. The molecule has 0 heterocycles. The van der Waals surface area contributed by atoms with E-state index in [1.165, 1.54) is 35.2 Å². The minimum absolute atomic E-state index is 0.0208. The van der Waals surface area contributed by atoms with Crippen LogP contribution in [0.25, 0.3) is 0 Å². The van der Waals surface area contributed by atoms with E-state index < -0.39 is 28.5 Å². The first kappa shape index (κ1) is 36.0. The Morgan fingerprint density at radius 1 is 0.812 bits per heavy atom. The van der Waals surface area contributed by atoms with Crippen LogP contribution in [0.15, 0.2) is 95.9 Å². The first-order valence-corrected chi connectivity index (χ1v) is 18.5. The van der Waals surface area contributed by atoms with Crippen molar-refractivity contribution in [3.05, 3.63) is 128 Å². The van der Waals surface area contributed by atoms with E-state index in [0.29, 0.717) is 15.6 Å². The van der Waals surface area contributed by atoms with Crippen LogP contribution < -0.4 is 9.62 Å². The van der Waals surface area contributed by atoms with Crippen LogP contribution in [-0.4, -0.2) is 43.8 Å². The molecular weight excluding hydrogens is 712 g/mol. The predicted octanol–water partition coefficient (Wildman–Crippen LogP) is 8.50. The zero-order chi connectivity index (χ0) is 34.4. The minimum Gasteiger partial charge on any atom is -0.352 e. The highest BCUT2D eigenvalue weighted by atomic mass is 35.5. The van der Waals surface area contributed by atoms with E-state index in [-0.39, 0.29) is 45.5 Å². The SMILES string of the molecule is Cc1ccc(S(=O)(=O)N(CC(=O)N(Cc2c(Cl)cccc2Cl)C(Cc2ccccc2)C(=O)NC2CCCC2)c2ccc(Cl)c(Cl)c2)cc1. The minimum atomic E-state index is -4.31. The van der Waals surface area contributed by atoms with Crippen molar-refractivity contribution >= 4 is 73.9 Å². The molecule has 252 valence electrons. The van der Waals surface area contributed by atoms with Gasteiger partial charge in [-0.25, -0.2) is 8.42 Å². The van der Waals surface area contributed by atoms with E-state index in [9.17, 15) is 18.0 Å².